The van der Waals surface area contributed by atoms with Gasteiger partial charge in [-0.3, -0.25) is 0 Å². The van der Waals surface area contributed by atoms with Gasteiger partial charge in [-0.1, -0.05) is 0 Å². The summed E-state index contributed by atoms with van der Waals surface area (Å²) in [6.07, 6.45) is 12.9. The molecule has 4 heteroatoms. The van der Waals surface area contributed by atoms with Gasteiger partial charge in [0.05, 0.1) is 0 Å². The van der Waals surface area contributed by atoms with E-state index in [4.69, 9.17) is 0 Å². The predicted octanol–water partition coefficient (Wildman–Crippen LogP) is 4.74. The topological polar surface area (TPSA) is 9.72 Å². The summed E-state index contributed by atoms with van der Waals surface area (Å²) in [6.45, 7) is 15.8. The van der Waals surface area contributed by atoms with Crippen molar-refractivity contribution in [3.05, 3.63) is 0 Å². The Morgan fingerprint density at radius 2 is 0.739 bits per heavy atom. The Hall–Kier alpha value is 0.310. The maximum absolute atomic E-state index is 3.03. The summed E-state index contributed by atoms with van der Waals surface area (Å²) < 4.78 is 9.10. The maximum atomic E-state index is 3.03. The van der Waals surface area contributed by atoms with Gasteiger partial charge in [-0.25, -0.2) is 0 Å². The number of nitrogens with zero attached hydrogens (tertiary/aromatic N) is 3. The number of hydrogen-bond acceptors (Lipinski definition) is 3. The summed E-state index contributed by atoms with van der Waals surface area (Å²) in [4.78, 5) is 0. The SMILES string of the molecule is CC(C)(C)[PH](N1CCCCC1)(N1CCCCC1)N1CCCCC1. The summed E-state index contributed by atoms with van der Waals surface area (Å²) in [6, 6.07) is 0. The van der Waals surface area contributed by atoms with Gasteiger partial charge < -0.3 is 0 Å². The molecule has 3 rings (SSSR count). The molecule has 0 amide bonds. The van der Waals surface area contributed by atoms with Crippen molar-refractivity contribution in [2.75, 3.05) is 39.3 Å². The van der Waals surface area contributed by atoms with Crippen molar-refractivity contribution in [1.82, 2.24) is 14.0 Å². The second kappa shape index (κ2) is 7.68. The molecule has 23 heavy (non-hydrogen) atoms. The number of hydrogen-bond donors (Lipinski definition) is 0. The Bertz CT molecular complexity index is 316. The van der Waals surface area contributed by atoms with E-state index in [9.17, 15) is 0 Å². The van der Waals surface area contributed by atoms with E-state index in [1.807, 2.05) is 0 Å². The van der Waals surface area contributed by atoms with Crippen LogP contribution < -0.4 is 0 Å². The Kier molecular flexibility index (Phi) is 6.05. The third-order valence-corrected chi connectivity index (χ3v) is 12.4. The summed E-state index contributed by atoms with van der Waals surface area (Å²) in [5.74, 6) is 0. The van der Waals surface area contributed by atoms with Gasteiger partial charge in [-0.15, -0.1) is 0 Å². The monoisotopic (exact) mass is 341 g/mol. The van der Waals surface area contributed by atoms with E-state index >= 15 is 0 Å². The second-order valence-electron chi connectivity index (χ2n) is 9.03. The van der Waals surface area contributed by atoms with E-state index in [2.05, 4.69) is 34.8 Å². The molecule has 136 valence electrons. The van der Waals surface area contributed by atoms with Crippen molar-refractivity contribution in [3.8, 4) is 0 Å². The minimum absolute atomic E-state index is 0.402. The van der Waals surface area contributed by atoms with Gasteiger partial charge in [0.15, 0.2) is 0 Å². The molecule has 0 aromatic carbocycles. The fourth-order valence-corrected chi connectivity index (χ4v) is 12.5. The van der Waals surface area contributed by atoms with E-state index in [1.54, 1.807) is 0 Å². The van der Waals surface area contributed by atoms with Gasteiger partial charge in [0, 0.05) is 0 Å². The zero-order valence-electron chi connectivity index (χ0n) is 15.9. The molecular formula is C19H40N3P. The summed E-state index contributed by atoms with van der Waals surface area (Å²) in [7, 11) is -1.79. The molecule has 3 saturated heterocycles. The van der Waals surface area contributed by atoms with Crippen LogP contribution in [0, 0.1) is 0 Å². The average molecular weight is 342 g/mol. The van der Waals surface area contributed by atoms with Crippen molar-refractivity contribution >= 4 is 7.71 Å². The van der Waals surface area contributed by atoms with Crippen LogP contribution in [0.5, 0.6) is 0 Å². The molecule has 3 nitrogen and oxygen atoms in total. The summed E-state index contributed by atoms with van der Waals surface area (Å²) in [5, 5.41) is 0.402. The molecule has 0 bridgehead atoms. The molecular weight excluding hydrogens is 301 g/mol. The minimum atomic E-state index is -1.79. The van der Waals surface area contributed by atoms with Crippen LogP contribution in [0.15, 0.2) is 0 Å². The molecule has 0 saturated carbocycles. The van der Waals surface area contributed by atoms with Gasteiger partial charge in [-0.05, 0) is 0 Å². The van der Waals surface area contributed by atoms with Crippen LogP contribution in [0.1, 0.15) is 78.6 Å². The first kappa shape index (κ1) is 18.1. The van der Waals surface area contributed by atoms with E-state index in [0.717, 1.165) is 0 Å². The van der Waals surface area contributed by atoms with Crippen molar-refractivity contribution in [3.63, 3.8) is 0 Å². The third-order valence-electron chi connectivity index (χ3n) is 6.40. The van der Waals surface area contributed by atoms with E-state index in [0.29, 0.717) is 5.16 Å². The molecule has 3 heterocycles. The molecule has 3 aliphatic heterocycles. The van der Waals surface area contributed by atoms with Crippen molar-refractivity contribution in [1.29, 1.82) is 0 Å². The fraction of sp³-hybridized carbons (Fsp3) is 1.00. The molecule has 0 aromatic rings. The van der Waals surface area contributed by atoms with E-state index in [-0.39, 0.29) is 0 Å². The van der Waals surface area contributed by atoms with Crippen LogP contribution in [0.25, 0.3) is 0 Å². The molecule has 0 atom stereocenters. The van der Waals surface area contributed by atoms with Crippen LogP contribution in [0.4, 0.5) is 0 Å². The molecule has 3 fully saturated rings. The molecule has 0 radical (unpaired) electrons. The zero-order chi connectivity index (χ0) is 16.3. The second-order valence-corrected chi connectivity index (χ2v) is 13.7. The van der Waals surface area contributed by atoms with Crippen LogP contribution in [-0.4, -0.2) is 58.4 Å². The Labute approximate surface area is 145 Å². The van der Waals surface area contributed by atoms with Gasteiger partial charge in [0.1, 0.15) is 0 Å². The van der Waals surface area contributed by atoms with Gasteiger partial charge in [-0.2, -0.15) is 0 Å². The van der Waals surface area contributed by atoms with Gasteiger partial charge in [0.25, 0.3) is 0 Å². The molecule has 0 spiro atoms. The summed E-state index contributed by atoms with van der Waals surface area (Å²) >= 11 is 0. The average Bonchev–Trinajstić information content (AvgIpc) is 2.57. The molecule has 0 aliphatic carbocycles. The number of rotatable bonds is 3. The normalized spacial score (nSPS) is 28.0. The van der Waals surface area contributed by atoms with Crippen molar-refractivity contribution < 1.29 is 0 Å². The molecule has 3 aliphatic rings. The van der Waals surface area contributed by atoms with Crippen LogP contribution in [0.2, 0.25) is 0 Å². The van der Waals surface area contributed by atoms with E-state index in [1.165, 1.54) is 97.1 Å². The van der Waals surface area contributed by atoms with Gasteiger partial charge >= 0.3 is 145 Å². The van der Waals surface area contributed by atoms with Gasteiger partial charge in [0.2, 0.25) is 0 Å². The first-order valence-electron chi connectivity index (χ1n) is 10.3. The summed E-state index contributed by atoms with van der Waals surface area (Å²) in [5.41, 5.74) is 0. The molecule has 0 aromatic heterocycles. The van der Waals surface area contributed by atoms with Crippen LogP contribution in [-0.2, 0) is 0 Å². The first-order chi connectivity index (χ1) is 11.1. The molecule has 0 unspecified atom stereocenters. The fourth-order valence-electron chi connectivity index (χ4n) is 5.64. The Morgan fingerprint density at radius 1 is 0.478 bits per heavy atom. The zero-order valence-corrected chi connectivity index (χ0v) is 16.9. The number of piperidine rings is 3. The standard InChI is InChI=1S/C19H40N3P/c1-19(2,3)23(20-13-7-4-8-14-20,21-15-9-5-10-16-21)22-17-11-6-12-18-22/h23H,4-18H2,1-3H3. The van der Waals surface area contributed by atoms with Crippen molar-refractivity contribution in [2.24, 2.45) is 0 Å². The Morgan fingerprint density at radius 3 is 0.957 bits per heavy atom. The predicted molar refractivity (Wildman–Crippen MR) is 104 cm³/mol. The Balaban J connectivity index is 1.99. The molecule has 0 N–H and O–H groups in total. The van der Waals surface area contributed by atoms with Crippen LogP contribution >= 0.6 is 7.71 Å². The van der Waals surface area contributed by atoms with E-state index < -0.39 is 7.71 Å². The third kappa shape index (κ3) is 3.50. The first-order valence-corrected chi connectivity index (χ1v) is 12.2. The quantitative estimate of drug-likeness (QED) is 0.687. The van der Waals surface area contributed by atoms with Crippen LogP contribution in [0.3, 0.4) is 0 Å². The van der Waals surface area contributed by atoms with Crippen molar-refractivity contribution in [2.45, 2.75) is 83.7 Å².